The number of carbonyl (C=O) groups excluding carboxylic acids is 1. The van der Waals surface area contributed by atoms with Crippen molar-refractivity contribution < 1.29 is 9.53 Å². The number of pyridine rings is 1. The Labute approximate surface area is 154 Å². The summed E-state index contributed by atoms with van der Waals surface area (Å²) in [5.74, 6) is 1.89. The van der Waals surface area contributed by atoms with Crippen LogP contribution in [0.1, 0.15) is 13.3 Å². The summed E-state index contributed by atoms with van der Waals surface area (Å²) in [7, 11) is 0. The van der Waals surface area contributed by atoms with Gasteiger partial charge in [-0.2, -0.15) is 0 Å². The molecule has 6 nitrogen and oxygen atoms in total. The van der Waals surface area contributed by atoms with Gasteiger partial charge in [-0.3, -0.25) is 9.69 Å². The summed E-state index contributed by atoms with van der Waals surface area (Å²) < 4.78 is 5.41. The van der Waals surface area contributed by atoms with E-state index in [4.69, 9.17) is 4.74 Å². The van der Waals surface area contributed by atoms with Crippen LogP contribution in [0, 0.1) is 0 Å². The molecule has 1 saturated heterocycles. The molecule has 0 radical (unpaired) electrons. The number of nitrogens with one attached hydrogen (secondary N) is 1. The summed E-state index contributed by atoms with van der Waals surface area (Å²) in [6.07, 6.45) is 2.32. The van der Waals surface area contributed by atoms with E-state index in [0.717, 1.165) is 50.0 Å². The van der Waals surface area contributed by atoms with Crippen molar-refractivity contribution in [2.75, 3.05) is 49.5 Å². The topological polar surface area (TPSA) is 57.7 Å². The number of ether oxygens (including phenoxy) is 1. The predicted molar refractivity (Wildman–Crippen MR) is 104 cm³/mol. The van der Waals surface area contributed by atoms with E-state index >= 15 is 0 Å². The van der Waals surface area contributed by atoms with Gasteiger partial charge in [0.05, 0.1) is 6.61 Å². The smallest absolute Gasteiger partial charge is 0.225 e. The van der Waals surface area contributed by atoms with Crippen molar-refractivity contribution >= 4 is 17.4 Å². The molecular formula is C20H26N4O2. The first kappa shape index (κ1) is 18.2. The number of amides is 1. The summed E-state index contributed by atoms with van der Waals surface area (Å²) >= 11 is 0. The Kier molecular flexibility index (Phi) is 6.44. The molecule has 0 aliphatic carbocycles. The number of benzene rings is 1. The number of piperazine rings is 1. The molecule has 1 fully saturated rings. The van der Waals surface area contributed by atoms with E-state index in [2.05, 4.69) is 20.1 Å². The predicted octanol–water partition coefficient (Wildman–Crippen LogP) is 2.63. The molecule has 1 aliphatic heterocycles. The lowest BCUT2D eigenvalue weighted by Crippen LogP contribution is -2.47. The van der Waals surface area contributed by atoms with Crippen LogP contribution >= 0.6 is 0 Å². The van der Waals surface area contributed by atoms with Gasteiger partial charge in [0.2, 0.25) is 5.91 Å². The van der Waals surface area contributed by atoms with Gasteiger partial charge in [-0.25, -0.2) is 4.98 Å². The van der Waals surface area contributed by atoms with E-state index < -0.39 is 0 Å². The van der Waals surface area contributed by atoms with Crippen LogP contribution in [0.4, 0.5) is 11.5 Å². The third-order valence-corrected chi connectivity index (χ3v) is 4.45. The number of anilines is 2. The minimum absolute atomic E-state index is 0.0429. The van der Waals surface area contributed by atoms with E-state index in [9.17, 15) is 4.79 Å². The summed E-state index contributed by atoms with van der Waals surface area (Å²) in [4.78, 5) is 21.2. The van der Waals surface area contributed by atoms with E-state index in [0.29, 0.717) is 13.0 Å². The van der Waals surface area contributed by atoms with Crippen LogP contribution in [0.15, 0.2) is 48.7 Å². The fourth-order valence-electron chi connectivity index (χ4n) is 3.03. The highest BCUT2D eigenvalue weighted by Gasteiger charge is 2.18. The Hall–Kier alpha value is -2.60. The molecule has 0 atom stereocenters. The van der Waals surface area contributed by atoms with Crippen molar-refractivity contribution in [1.29, 1.82) is 0 Å². The number of carbonyl (C=O) groups is 1. The molecule has 26 heavy (non-hydrogen) atoms. The second-order valence-electron chi connectivity index (χ2n) is 6.27. The molecule has 1 aromatic carbocycles. The quantitative estimate of drug-likeness (QED) is 0.828. The first-order valence-electron chi connectivity index (χ1n) is 9.15. The Balaban J connectivity index is 1.38. The molecule has 2 aromatic rings. The molecule has 1 aromatic heterocycles. The van der Waals surface area contributed by atoms with Crippen LogP contribution < -0.4 is 15.0 Å². The van der Waals surface area contributed by atoms with Gasteiger partial charge in [-0.05, 0) is 43.3 Å². The third kappa shape index (κ3) is 5.20. The molecule has 0 bridgehead atoms. The van der Waals surface area contributed by atoms with Gasteiger partial charge in [-0.15, -0.1) is 0 Å². The largest absolute Gasteiger partial charge is 0.494 e. The number of nitrogens with zero attached hydrogens (tertiary/aromatic N) is 3. The standard InChI is InChI=1S/C20H26N4O2/c1-2-26-18-8-6-17(7-9-18)22-20(25)10-12-23-13-15-24(16-14-23)19-5-3-4-11-21-19/h3-9,11H,2,10,12-16H2,1H3,(H,22,25). The zero-order chi connectivity index (χ0) is 18.2. The van der Waals surface area contributed by atoms with E-state index in [1.807, 2.05) is 55.6 Å². The van der Waals surface area contributed by atoms with E-state index in [-0.39, 0.29) is 5.91 Å². The molecule has 1 N–H and O–H groups in total. The van der Waals surface area contributed by atoms with Gasteiger partial charge in [0, 0.05) is 51.0 Å². The van der Waals surface area contributed by atoms with Crippen LogP contribution in [0.3, 0.4) is 0 Å². The lowest BCUT2D eigenvalue weighted by atomic mass is 10.2. The minimum atomic E-state index is 0.0429. The Morgan fingerprint density at radius 1 is 1.12 bits per heavy atom. The van der Waals surface area contributed by atoms with E-state index in [1.54, 1.807) is 0 Å². The average Bonchev–Trinajstić information content (AvgIpc) is 2.69. The van der Waals surface area contributed by atoms with Crippen molar-refractivity contribution in [3.8, 4) is 5.75 Å². The van der Waals surface area contributed by atoms with Crippen molar-refractivity contribution in [1.82, 2.24) is 9.88 Å². The highest BCUT2D eigenvalue weighted by Crippen LogP contribution is 2.16. The SMILES string of the molecule is CCOc1ccc(NC(=O)CCN2CCN(c3ccccn3)CC2)cc1. The van der Waals surface area contributed by atoms with Crippen molar-refractivity contribution in [3.05, 3.63) is 48.7 Å². The van der Waals surface area contributed by atoms with Crippen LogP contribution in [0.5, 0.6) is 5.75 Å². The molecule has 1 amide bonds. The van der Waals surface area contributed by atoms with Crippen molar-refractivity contribution in [2.45, 2.75) is 13.3 Å². The molecule has 6 heteroatoms. The summed E-state index contributed by atoms with van der Waals surface area (Å²) in [5.41, 5.74) is 0.804. The number of aromatic nitrogens is 1. The van der Waals surface area contributed by atoms with Crippen LogP contribution in [0.25, 0.3) is 0 Å². The maximum Gasteiger partial charge on any atom is 0.225 e. The third-order valence-electron chi connectivity index (χ3n) is 4.45. The van der Waals surface area contributed by atoms with Crippen LogP contribution in [0.2, 0.25) is 0 Å². The Bertz CT molecular complexity index is 683. The Morgan fingerprint density at radius 3 is 2.54 bits per heavy atom. The summed E-state index contributed by atoms with van der Waals surface area (Å²) in [6.45, 7) is 7.15. The highest BCUT2D eigenvalue weighted by atomic mass is 16.5. The highest BCUT2D eigenvalue weighted by molar-refractivity contribution is 5.90. The monoisotopic (exact) mass is 354 g/mol. The number of hydrogen-bond donors (Lipinski definition) is 1. The first-order chi connectivity index (χ1) is 12.7. The molecule has 138 valence electrons. The fourth-order valence-corrected chi connectivity index (χ4v) is 3.03. The molecule has 1 aliphatic rings. The van der Waals surface area contributed by atoms with Gasteiger partial charge in [0.15, 0.2) is 0 Å². The average molecular weight is 354 g/mol. The van der Waals surface area contributed by atoms with Gasteiger partial charge in [-0.1, -0.05) is 6.07 Å². The van der Waals surface area contributed by atoms with Crippen molar-refractivity contribution in [3.63, 3.8) is 0 Å². The number of rotatable bonds is 7. The zero-order valence-electron chi connectivity index (χ0n) is 15.2. The lowest BCUT2D eigenvalue weighted by molar-refractivity contribution is -0.116. The molecule has 0 saturated carbocycles. The summed E-state index contributed by atoms with van der Waals surface area (Å²) in [6, 6.07) is 13.5. The Morgan fingerprint density at radius 2 is 1.88 bits per heavy atom. The molecule has 2 heterocycles. The van der Waals surface area contributed by atoms with Crippen molar-refractivity contribution in [2.24, 2.45) is 0 Å². The molecule has 0 spiro atoms. The fraction of sp³-hybridized carbons (Fsp3) is 0.400. The maximum atomic E-state index is 12.2. The molecule has 0 unspecified atom stereocenters. The lowest BCUT2D eigenvalue weighted by Gasteiger charge is -2.35. The van der Waals surface area contributed by atoms with Gasteiger partial charge in [0.1, 0.15) is 11.6 Å². The zero-order valence-corrected chi connectivity index (χ0v) is 15.2. The number of hydrogen-bond acceptors (Lipinski definition) is 5. The summed E-state index contributed by atoms with van der Waals surface area (Å²) in [5, 5.41) is 2.94. The van der Waals surface area contributed by atoms with Crippen LogP contribution in [-0.2, 0) is 4.79 Å². The van der Waals surface area contributed by atoms with Gasteiger partial charge < -0.3 is 15.0 Å². The first-order valence-corrected chi connectivity index (χ1v) is 9.15. The molecular weight excluding hydrogens is 328 g/mol. The second kappa shape index (κ2) is 9.20. The van der Waals surface area contributed by atoms with Crippen LogP contribution in [-0.4, -0.2) is 55.1 Å². The van der Waals surface area contributed by atoms with Gasteiger partial charge in [0.25, 0.3) is 0 Å². The minimum Gasteiger partial charge on any atom is -0.494 e. The maximum absolute atomic E-state index is 12.2. The van der Waals surface area contributed by atoms with Gasteiger partial charge >= 0.3 is 0 Å². The normalized spacial score (nSPS) is 14.9. The second-order valence-corrected chi connectivity index (χ2v) is 6.27. The molecule has 3 rings (SSSR count). The van der Waals surface area contributed by atoms with E-state index in [1.165, 1.54) is 0 Å².